The van der Waals surface area contributed by atoms with Crippen molar-refractivity contribution in [2.45, 2.75) is 285 Å². The highest BCUT2D eigenvalue weighted by molar-refractivity contribution is 5.99. The first-order valence-corrected chi connectivity index (χ1v) is 34.5. The summed E-state index contributed by atoms with van der Waals surface area (Å²) in [5, 5.41) is 28.1. The number of hydrogen-bond donors (Lipinski definition) is 16. The molecule has 0 heterocycles. The van der Waals surface area contributed by atoms with Gasteiger partial charge in [0.25, 0.3) is 0 Å². The molecule has 0 fully saturated rings. The molecule has 0 aliphatic heterocycles. The lowest BCUT2D eigenvalue weighted by molar-refractivity contribution is -0.136. The highest BCUT2D eigenvalue weighted by Gasteiger charge is 2.37. The van der Waals surface area contributed by atoms with Crippen molar-refractivity contribution in [3.8, 4) is 0 Å². The van der Waals surface area contributed by atoms with Crippen LogP contribution in [0.4, 0.5) is 0 Å². The van der Waals surface area contributed by atoms with E-state index >= 15 is 0 Å². The van der Waals surface area contributed by atoms with Crippen LogP contribution in [0.5, 0.6) is 0 Å². The minimum Gasteiger partial charge on any atom is -0.368 e. The fourth-order valence-corrected chi connectivity index (χ4v) is 10.6. The Morgan fingerprint density at radius 1 is 0.237 bits per heavy atom. The average Bonchev–Trinajstić information content (AvgIpc) is 1.72. The minimum absolute atomic E-state index is 0.0280. The molecule has 0 spiro atoms. The van der Waals surface area contributed by atoms with Crippen molar-refractivity contribution in [3.05, 3.63) is 0 Å². The molecule has 0 rings (SSSR count). The largest absolute Gasteiger partial charge is 0.368 e. The van der Waals surface area contributed by atoms with Gasteiger partial charge in [0.15, 0.2) is 0 Å². The molecular weight excluding hydrogens is 1190 g/mol. The molecule has 0 aromatic carbocycles. The van der Waals surface area contributed by atoms with Crippen LogP contribution in [-0.2, 0) is 52.7 Å². The van der Waals surface area contributed by atoms with Gasteiger partial charge in [-0.2, -0.15) is 0 Å². The van der Waals surface area contributed by atoms with Gasteiger partial charge in [-0.15, -0.1) is 0 Å². The van der Waals surface area contributed by atoms with Crippen molar-refractivity contribution in [3.63, 3.8) is 0 Å². The number of carbonyl (C=O) groups is 11. The number of amides is 11. The van der Waals surface area contributed by atoms with Gasteiger partial charge in [-0.3, -0.25) is 52.7 Å². The van der Waals surface area contributed by atoms with Crippen molar-refractivity contribution in [1.82, 2.24) is 53.2 Å². The quantitative estimate of drug-likeness (QED) is 0.0384. The maximum Gasteiger partial charge on any atom is 0.243 e. The molecule has 0 saturated carbocycles. The molecule has 11 amide bonds. The number of nitrogens with two attached hydrogens (primary N) is 6. The topological polar surface area (TPSA) is 464 Å². The van der Waals surface area contributed by atoms with Crippen molar-refractivity contribution >= 4 is 65.0 Å². The lowest BCUT2D eigenvalue weighted by Gasteiger charge is -2.30. The minimum atomic E-state index is -1.23. The molecule has 0 aromatic heterocycles. The highest BCUT2D eigenvalue weighted by atomic mass is 16.2. The Morgan fingerprint density at radius 2 is 0.398 bits per heavy atom. The zero-order valence-electron chi connectivity index (χ0n) is 59.1. The average molecular weight is 1320 g/mol. The molecule has 0 aliphatic carbocycles. The van der Waals surface area contributed by atoms with E-state index in [9.17, 15) is 52.7 Å². The molecule has 11 atom stereocenters. The molecule has 538 valence electrons. The second kappa shape index (κ2) is 47.8. The van der Waals surface area contributed by atoms with Crippen LogP contribution in [0.2, 0.25) is 0 Å². The maximum absolute atomic E-state index is 14.6. The van der Waals surface area contributed by atoms with Gasteiger partial charge in [0, 0.05) is 0 Å². The van der Waals surface area contributed by atoms with Crippen molar-refractivity contribution in [2.75, 3.05) is 26.2 Å². The Morgan fingerprint density at radius 3 is 0.591 bits per heavy atom. The van der Waals surface area contributed by atoms with Crippen LogP contribution in [0, 0.1) is 41.4 Å². The van der Waals surface area contributed by atoms with E-state index in [0.717, 1.165) is 0 Å². The van der Waals surface area contributed by atoms with E-state index in [1.165, 1.54) is 0 Å². The first-order chi connectivity index (χ1) is 43.6. The van der Waals surface area contributed by atoms with Crippen molar-refractivity contribution < 1.29 is 52.7 Å². The summed E-state index contributed by atoms with van der Waals surface area (Å²) in [5.41, 5.74) is 34.9. The van der Waals surface area contributed by atoms with Gasteiger partial charge in [-0.1, -0.05) is 103 Å². The van der Waals surface area contributed by atoms with E-state index in [1.807, 2.05) is 96.9 Å². The summed E-state index contributed by atoms with van der Waals surface area (Å²) in [4.78, 5) is 154. The molecule has 0 aromatic rings. The standard InChI is InChI=1S/C66H128N16O11/c1-38(2)31-49(56(72)83)76-63(90)52(34-41(7)8)82-66(93)55(37-44(13)14)79-60(87)48(26-18-22-30-70)75-62(89)51(33-40(5)6)81-65(92)54(36-43(11)12)78-59(86)47(25-17-21-29-69)74-61(88)50(32-39(3)4)80-64(91)53(35-42(9)10)77-58(85)46(24-16-20-28-68)73-57(84)45(71)23-15-19-27-67/h38-55H,15-37,67-71H2,1-14H3,(H2,72,83)(H,73,84)(H,74,88)(H,75,89)(H,76,90)(H,77,85)(H,78,86)(H,79,87)(H,80,91)(H,81,92)(H,82,93)/t45-,46-,47-,48-,49-,50-,51-,52-,53-,54-,55-/m1/s1. The summed E-state index contributed by atoms with van der Waals surface area (Å²) < 4.78 is 0. The van der Waals surface area contributed by atoms with Crippen molar-refractivity contribution in [1.29, 1.82) is 0 Å². The fraction of sp³-hybridized carbons (Fsp3) is 0.833. The summed E-state index contributed by atoms with van der Waals surface area (Å²) in [6, 6.07) is -12.3. The lowest BCUT2D eigenvalue weighted by atomic mass is 9.98. The summed E-state index contributed by atoms with van der Waals surface area (Å²) in [7, 11) is 0. The molecule has 27 heteroatoms. The van der Waals surface area contributed by atoms with Crippen LogP contribution in [0.1, 0.15) is 219 Å². The van der Waals surface area contributed by atoms with Gasteiger partial charge < -0.3 is 87.6 Å². The first kappa shape index (κ1) is 87.0. The smallest absolute Gasteiger partial charge is 0.243 e. The molecule has 0 radical (unpaired) electrons. The number of rotatable bonds is 51. The van der Waals surface area contributed by atoms with Crippen LogP contribution in [-0.4, -0.2) is 158 Å². The molecule has 0 aliphatic rings. The van der Waals surface area contributed by atoms with Crippen LogP contribution < -0.4 is 87.6 Å². The van der Waals surface area contributed by atoms with Crippen LogP contribution in [0.25, 0.3) is 0 Å². The molecule has 0 unspecified atom stereocenters. The van der Waals surface area contributed by atoms with E-state index in [1.54, 1.807) is 0 Å². The van der Waals surface area contributed by atoms with Crippen LogP contribution in [0.15, 0.2) is 0 Å². The molecule has 27 nitrogen and oxygen atoms in total. The number of unbranched alkanes of at least 4 members (excludes halogenated alkanes) is 4. The molecule has 0 bridgehead atoms. The lowest BCUT2D eigenvalue weighted by Crippen LogP contribution is -2.61. The summed E-state index contributed by atoms with van der Waals surface area (Å²) in [6.07, 6.45) is 6.18. The monoisotopic (exact) mass is 1320 g/mol. The Labute approximate surface area is 556 Å². The molecule has 22 N–H and O–H groups in total. The van der Waals surface area contributed by atoms with Gasteiger partial charge in [-0.05, 0) is 183 Å². The van der Waals surface area contributed by atoms with Crippen LogP contribution in [0.3, 0.4) is 0 Å². The third kappa shape index (κ3) is 38.2. The van der Waals surface area contributed by atoms with E-state index in [0.29, 0.717) is 77.4 Å². The molecule has 93 heavy (non-hydrogen) atoms. The van der Waals surface area contributed by atoms with Crippen molar-refractivity contribution in [2.24, 2.45) is 75.8 Å². The number of hydrogen-bond acceptors (Lipinski definition) is 16. The van der Waals surface area contributed by atoms with E-state index in [-0.39, 0.29) is 112 Å². The van der Waals surface area contributed by atoms with Crippen LogP contribution >= 0.6 is 0 Å². The predicted molar refractivity (Wildman–Crippen MR) is 364 cm³/mol. The Hall–Kier alpha value is -6.03. The SMILES string of the molecule is CC(C)C[C@@H](NC(=O)[C@@H](CC(C)C)NC(=O)[C@@H](CC(C)C)NC(=O)[C@@H](CCCCN)NC(=O)[C@@H](CC(C)C)NC(=O)[C@@H](CC(C)C)NC(=O)[C@@H](CCCCN)NC(=O)[C@@H](CC(C)C)NC(=O)[C@@H](CC(C)C)NC(=O)[C@@H](CCCCN)NC(=O)[C@H](N)CCCCN)C(N)=O. The Kier molecular flexibility index (Phi) is 44.7. The zero-order valence-corrected chi connectivity index (χ0v) is 59.1. The Bertz CT molecular complexity index is 2270. The van der Waals surface area contributed by atoms with Gasteiger partial charge in [0.1, 0.15) is 60.4 Å². The number of nitrogens with one attached hydrogen (secondary N) is 10. The third-order valence-electron chi connectivity index (χ3n) is 15.5. The molecule has 0 saturated heterocycles. The Balaban J connectivity index is 7.03. The summed E-state index contributed by atoms with van der Waals surface area (Å²) in [6.45, 7) is 27.5. The zero-order chi connectivity index (χ0) is 71.1. The van der Waals surface area contributed by atoms with E-state index in [4.69, 9.17) is 34.4 Å². The third-order valence-corrected chi connectivity index (χ3v) is 15.5. The summed E-state index contributed by atoms with van der Waals surface area (Å²) in [5.74, 6) is -7.99. The van der Waals surface area contributed by atoms with Gasteiger partial charge in [0.2, 0.25) is 65.0 Å². The van der Waals surface area contributed by atoms with Gasteiger partial charge >= 0.3 is 0 Å². The van der Waals surface area contributed by atoms with Gasteiger partial charge in [-0.25, -0.2) is 0 Å². The van der Waals surface area contributed by atoms with E-state index < -0.39 is 131 Å². The highest BCUT2D eigenvalue weighted by Crippen LogP contribution is 2.17. The normalized spacial score (nSPS) is 15.2. The number of primary amides is 1. The molecular formula is C66H128N16O11. The second-order valence-corrected chi connectivity index (χ2v) is 28.2. The maximum atomic E-state index is 14.6. The van der Waals surface area contributed by atoms with E-state index in [2.05, 4.69) is 53.2 Å². The fourth-order valence-electron chi connectivity index (χ4n) is 10.6. The predicted octanol–water partition coefficient (Wildman–Crippen LogP) is 1.49. The second-order valence-electron chi connectivity index (χ2n) is 28.2. The summed E-state index contributed by atoms with van der Waals surface area (Å²) >= 11 is 0. The van der Waals surface area contributed by atoms with Gasteiger partial charge in [0.05, 0.1) is 6.04 Å². The first-order valence-electron chi connectivity index (χ1n) is 34.5. The number of carbonyl (C=O) groups excluding carboxylic acids is 11.